The van der Waals surface area contributed by atoms with Crippen molar-refractivity contribution in [3.05, 3.63) is 69.6 Å². The molecule has 0 fully saturated rings. The van der Waals surface area contributed by atoms with E-state index in [-0.39, 0.29) is 17.9 Å². The number of halogens is 5. The number of alkyl halides is 3. The summed E-state index contributed by atoms with van der Waals surface area (Å²) in [5, 5.41) is 0.695. The molecule has 1 heterocycles. The normalized spacial score (nSPS) is 13.9. The van der Waals surface area contributed by atoms with E-state index in [4.69, 9.17) is 11.6 Å². The van der Waals surface area contributed by atoms with Crippen LogP contribution in [0.25, 0.3) is 10.9 Å². The Labute approximate surface area is 194 Å². The van der Waals surface area contributed by atoms with Gasteiger partial charge in [-0.2, -0.15) is 17.7 Å². The van der Waals surface area contributed by atoms with Gasteiger partial charge in [0.15, 0.2) is 11.5 Å². The molecule has 5 nitrogen and oxygen atoms in total. The fourth-order valence-electron chi connectivity index (χ4n) is 3.69. The number of nitrogens with one attached hydrogen (secondary N) is 1. The number of carbonyl (C=O) groups excluding carboxylic acids is 1. The number of fused-ring (bicyclic) bond motifs is 1. The van der Waals surface area contributed by atoms with Gasteiger partial charge >= 0.3 is 6.18 Å². The Balaban J connectivity index is 2.05. The molecule has 0 aliphatic rings. The Kier molecular flexibility index (Phi) is 7.33. The van der Waals surface area contributed by atoms with Gasteiger partial charge in [-0.05, 0) is 42.7 Å². The van der Waals surface area contributed by atoms with Crippen LogP contribution in [-0.4, -0.2) is 27.2 Å². The number of aromatic nitrogens is 1. The van der Waals surface area contributed by atoms with Crippen LogP contribution in [0.4, 0.5) is 17.6 Å². The van der Waals surface area contributed by atoms with Crippen LogP contribution in [0.1, 0.15) is 40.5 Å². The number of para-hydroxylation sites is 1. The maximum absolute atomic E-state index is 14.7. The molecule has 0 bridgehead atoms. The minimum atomic E-state index is -4.94. The van der Waals surface area contributed by atoms with Gasteiger partial charge in [0.25, 0.3) is 10.4 Å². The van der Waals surface area contributed by atoms with Gasteiger partial charge in [0.2, 0.25) is 0 Å². The Hall–Kier alpha value is -2.27. The van der Waals surface area contributed by atoms with Gasteiger partial charge in [-0.15, -0.1) is 4.72 Å². The Morgan fingerprint density at radius 2 is 1.88 bits per heavy atom. The lowest BCUT2D eigenvalue weighted by molar-refractivity contribution is -0.140. The molecule has 1 atom stereocenters. The summed E-state index contributed by atoms with van der Waals surface area (Å²) in [5.41, 5.74) is -1.26. The van der Waals surface area contributed by atoms with Gasteiger partial charge in [-0.25, -0.2) is 4.39 Å². The highest BCUT2D eigenvalue weighted by Gasteiger charge is 2.36. The van der Waals surface area contributed by atoms with Crippen LogP contribution in [0.15, 0.2) is 36.4 Å². The highest BCUT2D eigenvalue weighted by Crippen LogP contribution is 2.36. The third kappa shape index (κ3) is 5.13. The van der Waals surface area contributed by atoms with E-state index in [1.165, 1.54) is 0 Å². The first-order valence-corrected chi connectivity index (χ1v) is 12.1. The number of aryl methyl sites for hydroxylation is 1. The minimum Gasteiger partial charge on any atom is -0.343 e. The topological polar surface area (TPSA) is 71.3 Å². The van der Waals surface area contributed by atoms with E-state index in [0.29, 0.717) is 40.7 Å². The van der Waals surface area contributed by atoms with Crippen LogP contribution < -0.4 is 4.72 Å². The van der Waals surface area contributed by atoms with E-state index in [1.807, 2.05) is 0 Å². The van der Waals surface area contributed by atoms with Crippen LogP contribution in [0, 0.1) is 12.7 Å². The summed E-state index contributed by atoms with van der Waals surface area (Å²) in [6.07, 6.45) is -4.54. The van der Waals surface area contributed by atoms with E-state index < -0.39 is 39.3 Å². The molecule has 3 rings (SSSR count). The largest absolute Gasteiger partial charge is 0.419 e. The number of carbonyl (C=O) groups is 1. The Bertz CT molecular complexity index is 1260. The monoisotopic (exact) mass is 505 g/mol. The second-order valence-corrected chi connectivity index (χ2v) is 9.97. The van der Waals surface area contributed by atoms with Crippen molar-refractivity contribution in [2.24, 2.45) is 0 Å². The fourth-order valence-corrected chi connectivity index (χ4v) is 4.63. The van der Waals surface area contributed by atoms with Gasteiger partial charge in [0.1, 0.15) is 5.82 Å². The van der Waals surface area contributed by atoms with Crippen LogP contribution in [0.3, 0.4) is 0 Å². The fraction of sp³-hybridized carbons (Fsp3) is 0.318. The summed E-state index contributed by atoms with van der Waals surface area (Å²) < 4.78 is 79.8. The molecule has 3 aromatic rings. The molecule has 2 aromatic carbocycles. The maximum Gasteiger partial charge on any atom is 0.419 e. The first kappa shape index (κ1) is 25.4. The lowest BCUT2D eigenvalue weighted by atomic mass is 9.98. The average molecular weight is 506 g/mol. The quantitative estimate of drug-likeness (QED) is 0.174. The van der Waals surface area contributed by atoms with Gasteiger partial charge < -0.3 is 4.57 Å². The SMILES string of the molecule is CC[S+](=O)(O)NCCCn1c(C)c(C(=O)c2cccc(C(F)(F)F)c2F)c2cccc(Cl)c21. The van der Waals surface area contributed by atoms with Crippen LogP contribution in [0.2, 0.25) is 5.02 Å². The first-order valence-electron chi connectivity index (χ1n) is 10.1. The zero-order valence-electron chi connectivity index (χ0n) is 17.8. The molecule has 0 aliphatic carbocycles. The van der Waals surface area contributed by atoms with Gasteiger partial charge in [0, 0.05) is 24.2 Å². The van der Waals surface area contributed by atoms with Crippen molar-refractivity contribution in [1.29, 1.82) is 0 Å². The maximum atomic E-state index is 14.7. The van der Waals surface area contributed by atoms with E-state index in [1.54, 1.807) is 36.6 Å². The average Bonchev–Trinajstić information content (AvgIpc) is 3.02. The summed E-state index contributed by atoms with van der Waals surface area (Å²) in [5.74, 6) is -2.46. The molecule has 11 heteroatoms. The van der Waals surface area contributed by atoms with E-state index in [9.17, 15) is 31.1 Å². The molecule has 0 saturated carbocycles. The predicted octanol–water partition coefficient (Wildman–Crippen LogP) is 5.88. The van der Waals surface area contributed by atoms with Crippen molar-refractivity contribution in [2.45, 2.75) is 33.0 Å². The molecular weight excluding hydrogens is 484 g/mol. The van der Waals surface area contributed by atoms with E-state index in [2.05, 4.69) is 4.72 Å². The second kappa shape index (κ2) is 9.54. The van der Waals surface area contributed by atoms with Crippen molar-refractivity contribution in [3.8, 4) is 0 Å². The van der Waals surface area contributed by atoms with Crippen LogP contribution in [-0.2, 0) is 27.3 Å². The zero-order chi connectivity index (χ0) is 24.6. The zero-order valence-corrected chi connectivity index (χ0v) is 19.4. The van der Waals surface area contributed by atoms with E-state index >= 15 is 0 Å². The molecule has 0 spiro atoms. The summed E-state index contributed by atoms with van der Waals surface area (Å²) in [7, 11) is -3.12. The third-order valence-corrected chi connectivity index (χ3v) is 7.09. The number of hydrogen-bond acceptors (Lipinski definition) is 2. The van der Waals surface area contributed by atoms with Crippen LogP contribution >= 0.6 is 11.6 Å². The Morgan fingerprint density at radius 1 is 1.21 bits per heavy atom. The van der Waals surface area contributed by atoms with Gasteiger partial charge in [0.05, 0.1) is 27.2 Å². The number of rotatable bonds is 8. The standard InChI is InChI=1S/C22H21ClF4N2O3S/c1-3-33(31,32)28-11-6-12-29-13(2)18(14-7-5-10-17(23)20(14)29)21(30)15-8-4-9-16(19(15)24)22(25,26)27/h4-5,7-10H,3,6,11-12H2,1-2H3,(H-,28,31,32)/p+1. The summed E-state index contributed by atoms with van der Waals surface area (Å²) in [6, 6.07) is 7.40. The molecule has 33 heavy (non-hydrogen) atoms. The molecule has 0 aliphatic heterocycles. The number of nitrogens with zero attached hydrogens (tertiary/aromatic N) is 1. The molecule has 0 saturated heterocycles. The minimum absolute atomic E-state index is 0.0471. The molecule has 0 radical (unpaired) electrons. The molecule has 178 valence electrons. The summed E-state index contributed by atoms with van der Waals surface area (Å²) >= 11 is 6.37. The highest BCUT2D eigenvalue weighted by molar-refractivity contribution is 7.95. The summed E-state index contributed by atoms with van der Waals surface area (Å²) in [4.78, 5) is 13.3. The molecule has 2 N–H and O–H groups in total. The third-order valence-electron chi connectivity index (χ3n) is 5.35. The van der Waals surface area contributed by atoms with Crippen molar-refractivity contribution in [1.82, 2.24) is 9.29 Å². The lowest BCUT2D eigenvalue weighted by Crippen LogP contribution is -2.32. The predicted molar refractivity (Wildman–Crippen MR) is 120 cm³/mol. The second-order valence-electron chi connectivity index (χ2n) is 7.42. The number of ketones is 1. The highest BCUT2D eigenvalue weighted by atomic mass is 35.5. The van der Waals surface area contributed by atoms with Crippen LogP contribution in [0.5, 0.6) is 0 Å². The molecule has 0 amide bonds. The summed E-state index contributed by atoms with van der Waals surface area (Å²) in [6.45, 7) is 3.68. The van der Waals surface area contributed by atoms with Crippen molar-refractivity contribution in [2.75, 3.05) is 12.3 Å². The lowest BCUT2D eigenvalue weighted by Gasteiger charge is -2.11. The molecule has 1 aromatic heterocycles. The smallest absolute Gasteiger partial charge is 0.343 e. The van der Waals surface area contributed by atoms with Gasteiger partial charge in [-0.3, -0.25) is 4.79 Å². The number of hydrogen-bond donors (Lipinski definition) is 2. The van der Waals surface area contributed by atoms with Crippen molar-refractivity contribution >= 4 is 38.7 Å². The molecular formula is C22H22ClF4N2O3S+. The van der Waals surface area contributed by atoms with Gasteiger partial charge in [-0.1, -0.05) is 29.8 Å². The first-order chi connectivity index (χ1) is 15.4. The van der Waals surface area contributed by atoms with E-state index in [0.717, 1.165) is 12.1 Å². The molecule has 1 unspecified atom stereocenters. The Morgan fingerprint density at radius 3 is 2.52 bits per heavy atom. The number of benzene rings is 2. The van der Waals surface area contributed by atoms with Crippen molar-refractivity contribution < 1.29 is 31.1 Å². The van der Waals surface area contributed by atoms with Crippen molar-refractivity contribution in [3.63, 3.8) is 0 Å².